The average Bonchev–Trinajstić information content (AvgIpc) is 3.04. The van der Waals surface area contributed by atoms with E-state index in [0.29, 0.717) is 32.2 Å². The summed E-state index contributed by atoms with van der Waals surface area (Å²) >= 11 is 0. The van der Waals surface area contributed by atoms with E-state index in [1.165, 1.54) is 5.56 Å². The Morgan fingerprint density at radius 2 is 1.90 bits per heavy atom. The number of hydrogen-bond donors (Lipinski definition) is 3. The zero-order valence-corrected chi connectivity index (χ0v) is 19.1. The number of benzene rings is 1. The number of aliphatic imine (C=N–C) groups is 1. The lowest BCUT2D eigenvalue weighted by Gasteiger charge is -2.20. The van der Waals surface area contributed by atoms with E-state index in [2.05, 4.69) is 58.7 Å². The second kappa shape index (κ2) is 11.1. The molecule has 8 heteroatoms. The van der Waals surface area contributed by atoms with Crippen molar-refractivity contribution in [3.63, 3.8) is 0 Å². The second-order valence-electron chi connectivity index (χ2n) is 8.43. The highest BCUT2D eigenvalue weighted by atomic mass is 16.5. The molecule has 1 heterocycles. The molecule has 0 bridgehead atoms. The minimum absolute atomic E-state index is 0.0892. The lowest BCUT2D eigenvalue weighted by molar-refractivity contribution is 0.180. The Bertz CT molecular complexity index is 808. The van der Waals surface area contributed by atoms with Crippen LogP contribution in [0.1, 0.15) is 56.1 Å². The van der Waals surface area contributed by atoms with Crippen molar-refractivity contribution in [2.24, 2.45) is 12.0 Å². The number of aryl methyl sites for hydroxylation is 1. The Morgan fingerprint density at radius 3 is 2.47 bits per heavy atom. The maximum atomic E-state index is 10.6. The summed E-state index contributed by atoms with van der Waals surface area (Å²) in [6.07, 6.45) is 0.221. The van der Waals surface area contributed by atoms with Crippen molar-refractivity contribution < 1.29 is 9.84 Å². The molecule has 8 nitrogen and oxygen atoms in total. The predicted molar refractivity (Wildman–Crippen MR) is 119 cm³/mol. The third-order valence-corrected chi connectivity index (χ3v) is 5.00. The molecule has 1 aromatic heterocycles. The third kappa shape index (κ3) is 7.11. The summed E-state index contributed by atoms with van der Waals surface area (Å²) in [5, 5.41) is 25.3. The number of ether oxygens (including phenoxy) is 1. The molecule has 2 rings (SSSR count). The van der Waals surface area contributed by atoms with Crippen LogP contribution in [0.4, 0.5) is 0 Å². The molecule has 1 aromatic carbocycles. The molecule has 1 unspecified atom stereocenters. The largest absolute Gasteiger partial charge is 0.387 e. The van der Waals surface area contributed by atoms with E-state index in [1.807, 2.05) is 30.7 Å². The van der Waals surface area contributed by atoms with Crippen LogP contribution >= 0.6 is 0 Å². The van der Waals surface area contributed by atoms with Gasteiger partial charge in [0, 0.05) is 33.9 Å². The molecule has 0 aliphatic carbocycles. The monoisotopic (exact) mass is 416 g/mol. The molecule has 2 aromatic rings. The highest BCUT2D eigenvalue weighted by Gasteiger charge is 2.15. The molecule has 1 atom stereocenters. The van der Waals surface area contributed by atoms with Gasteiger partial charge in [-0.3, -0.25) is 0 Å². The Morgan fingerprint density at radius 1 is 1.20 bits per heavy atom. The lowest BCUT2D eigenvalue weighted by Crippen LogP contribution is -2.40. The first kappa shape index (κ1) is 23.8. The number of nitrogens with one attached hydrogen (secondary N) is 2. The van der Waals surface area contributed by atoms with Crippen molar-refractivity contribution in [3.8, 4) is 0 Å². The number of aliphatic hydroxyl groups excluding tert-OH is 1. The summed E-state index contributed by atoms with van der Waals surface area (Å²) in [5.41, 5.74) is 2.21. The number of aromatic nitrogens is 3. The maximum Gasteiger partial charge on any atom is 0.191 e. The number of rotatable bonds is 9. The van der Waals surface area contributed by atoms with Gasteiger partial charge in [-0.15, -0.1) is 10.2 Å². The zero-order valence-electron chi connectivity index (χ0n) is 19.1. The molecular formula is C22H36N6O2. The van der Waals surface area contributed by atoms with Gasteiger partial charge < -0.3 is 25.0 Å². The van der Waals surface area contributed by atoms with E-state index in [0.717, 1.165) is 23.6 Å². The van der Waals surface area contributed by atoms with Crippen LogP contribution in [-0.4, -0.2) is 52.6 Å². The van der Waals surface area contributed by atoms with Crippen LogP contribution in [0, 0.1) is 6.92 Å². The van der Waals surface area contributed by atoms with Gasteiger partial charge >= 0.3 is 0 Å². The van der Waals surface area contributed by atoms with E-state index in [9.17, 15) is 5.11 Å². The van der Waals surface area contributed by atoms with Gasteiger partial charge in [-0.2, -0.15) is 0 Å². The minimum Gasteiger partial charge on any atom is -0.387 e. The molecule has 166 valence electrons. The summed E-state index contributed by atoms with van der Waals surface area (Å²) in [4.78, 5) is 4.60. The van der Waals surface area contributed by atoms with Crippen molar-refractivity contribution in [1.82, 2.24) is 25.4 Å². The van der Waals surface area contributed by atoms with Crippen LogP contribution in [-0.2, 0) is 23.7 Å². The van der Waals surface area contributed by atoms with Gasteiger partial charge in [0.25, 0.3) is 0 Å². The molecular weight excluding hydrogens is 380 g/mol. The first-order chi connectivity index (χ1) is 14.2. The van der Waals surface area contributed by atoms with E-state index >= 15 is 0 Å². The van der Waals surface area contributed by atoms with Crippen LogP contribution in [0.2, 0.25) is 0 Å². The molecule has 0 saturated carbocycles. The molecule has 0 aliphatic heterocycles. The topological polar surface area (TPSA) is 96.6 Å². The Balaban J connectivity index is 1.99. The number of nitrogens with zero attached hydrogens (tertiary/aromatic N) is 4. The quantitative estimate of drug-likeness (QED) is 0.330. The lowest BCUT2D eigenvalue weighted by atomic mass is 9.86. The van der Waals surface area contributed by atoms with Crippen LogP contribution < -0.4 is 10.6 Å². The predicted octanol–water partition coefficient (Wildman–Crippen LogP) is 2.23. The molecule has 0 spiro atoms. The van der Waals surface area contributed by atoms with Gasteiger partial charge in [-0.05, 0) is 29.9 Å². The first-order valence-electron chi connectivity index (χ1n) is 10.4. The number of methoxy groups -OCH3 is 1. The van der Waals surface area contributed by atoms with Crippen LogP contribution in [0.25, 0.3) is 0 Å². The summed E-state index contributed by atoms with van der Waals surface area (Å²) in [6, 6.07) is 8.12. The molecule has 0 saturated heterocycles. The highest BCUT2D eigenvalue weighted by molar-refractivity contribution is 5.79. The SMILES string of the molecule is COCCCNC(=NCc1nnc(C)n1C)NCC(O)c1ccc(C(C)(C)C)cc1. The maximum absolute atomic E-state index is 10.6. The molecule has 3 N–H and O–H groups in total. The fourth-order valence-corrected chi connectivity index (χ4v) is 2.85. The van der Waals surface area contributed by atoms with Crippen LogP contribution in [0.5, 0.6) is 0 Å². The van der Waals surface area contributed by atoms with Gasteiger partial charge in [0.1, 0.15) is 12.4 Å². The van der Waals surface area contributed by atoms with Crippen molar-refractivity contribution in [1.29, 1.82) is 0 Å². The van der Waals surface area contributed by atoms with Gasteiger partial charge in [-0.1, -0.05) is 45.0 Å². The van der Waals surface area contributed by atoms with Gasteiger partial charge in [0.05, 0.1) is 6.10 Å². The fraction of sp³-hybridized carbons (Fsp3) is 0.591. The Labute approximate surface area is 179 Å². The van der Waals surface area contributed by atoms with Gasteiger partial charge in [0.15, 0.2) is 11.8 Å². The summed E-state index contributed by atoms with van der Waals surface area (Å²) in [7, 11) is 3.61. The summed E-state index contributed by atoms with van der Waals surface area (Å²) in [6.45, 7) is 10.6. The van der Waals surface area contributed by atoms with Gasteiger partial charge in [0.2, 0.25) is 0 Å². The van der Waals surface area contributed by atoms with Crippen LogP contribution in [0.3, 0.4) is 0 Å². The van der Waals surface area contributed by atoms with Crippen molar-refractivity contribution in [2.75, 3.05) is 26.8 Å². The first-order valence-corrected chi connectivity index (χ1v) is 10.4. The number of hydrogen-bond acceptors (Lipinski definition) is 5. The molecule has 0 fully saturated rings. The van der Waals surface area contributed by atoms with Gasteiger partial charge in [-0.25, -0.2) is 4.99 Å². The molecule has 30 heavy (non-hydrogen) atoms. The normalized spacial score (nSPS) is 13.4. The van der Waals surface area contributed by atoms with Crippen LogP contribution in [0.15, 0.2) is 29.3 Å². The summed E-state index contributed by atoms with van der Waals surface area (Å²) < 4.78 is 7.01. The van der Waals surface area contributed by atoms with E-state index < -0.39 is 6.10 Å². The minimum atomic E-state index is -0.637. The molecule has 0 aliphatic rings. The standard InChI is InChI=1S/C22H36N6O2/c1-16-26-27-20(28(16)5)15-25-21(23-12-7-13-30-6)24-14-19(29)17-8-10-18(11-9-17)22(2,3)4/h8-11,19,29H,7,12-15H2,1-6H3,(H2,23,24,25). The fourth-order valence-electron chi connectivity index (χ4n) is 2.85. The van der Waals surface area contributed by atoms with E-state index in [-0.39, 0.29) is 5.41 Å². The third-order valence-electron chi connectivity index (χ3n) is 5.00. The zero-order chi connectivity index (χ0) is 22.1. The number of aliphatic hydroxyl groups is 1. The number of guanidine groups is 1. The molecule has 0 amide bonds. The smallest absolute Gasteiger partial charge is 0.191 e. The van der Waals surface area contributed by atoms with Crippen molar-refractivity contribution in [3.05, 3.63) is 47.0 Å². The molecule has 0 radical (unpaired) electrons. The van der Waals surface area contributed by atoms with E-state index in [1.54, 1.807) is 7.11 Å². The highest BCUT2D eigenvalue weighted by Crippen LogP contribution is 2.23. The van der Waals surface area contributed by atoms with E-state index in [4.69, 9.17) is 4.74 Å². The summed E-state index contributed by atoms with van der Waals surface area (Å²) in [5.74, 6) is 2.25. The Hall–Kier alpha value is -2.45. The Kier molecular flexibility index (Phi) is 8.80. The second-order valence-corrected chi connectivity index (χ2v) is 8.43. The van der Waals surface area contributed by atoms with Crippen molar-refractivity contribution >= 4 is 5.96 Å². The van der Waals surface area contributed by atoms with Crippen molar-refractivity contribution in [2.45, 2.75) is 52.2 Å². The average molecular weight is 417 g/mol.